The fraction of sp³-hybridized carbons (Fsp3) is 0.143. The van der Waals surface area contributed by atoms with Crippen molar-refractivity contribution in [3.05, 3.63) is 70.4 Å². The average Bonchev–Trinajstić information content (AvgIpc) is 3.22. The van der Waals surface area contributed by atoms with Crippen LogP contribution in [0.15, 0.2) is 60.0 Å². The highest BCUT2D eigenvalue weighted by Crippen LogP contribution is 2.28. The normalized spacial score (nSPS) is 10.2. The second-order valence-corrected chi connectivity index (χ2v) is 6.95. The van der Waals surface area contributed by atoms with Crippen LogP contribution in [-0.2, 0) is 4.79 Å². The minimum Gasteiger partial charge on any atom is -0.494 e. The van der Waals surface area contributed by atoms with E-state index in [0.29, 0.717) is 27.8 Å². The molecule has 144 valence electrons. The molecule has 3 aromatic rings. The molecule has 2 aromatic carbocycles. The molecule has 0 bridgehead atoms. The highest BCUT2D eigenvalue weighted by molar-refractivity contribution is 7.12. The zero-order valence-corrected chi connectivity index (χ0v) is 16.3. The zero-order valence-electron chi connectivity index (χ0n) is 15.5. The van der Waals surface area contributed by atoms with Crippen molar-refractivity contribution in [2.24, 2.45) is 0 Å². The van der Waals surface area contributed by atoms with Crippen LogP contribution in [0.1, 0.15) is 15.2 Å². The van der Waals surface area contributed by atoms with E-state index in [1.54, 1.807) is 30.3 Å². The molecule has 3 rings (SSSR count). The highest BCUT2D eigenvalue weighted by Gasteiger charge is 2.12. The van der Waals surface area contributed by atoms with Gasteiger partial charge in [0.25, 0.3) is 11.8 Å². The van der Waals surface area contributed by atoms with Gasteiger partial charge in [0.1, 0.15) is 11.5 Å². The van der Waals surface area contributed by atoms with Crippen LogP contribution < -0.4 is 20.1 Å². The van der Waals surface area contributed by atoms with Crippen molar-refractivity contribution in [3.63, 3.8) is 0 Å². The van der Waals surface area contributed by atoms with Crippen LogP contribution in [0.5, 0.6) is 11.5 Å². The van der Waals surface area contributed by atoms with E-state index in [-0.39, 0.29) is 18.4 Å². The SMILES string of the molecule is COc1cc(NC(=O)COc2cccc(C)c2)ccc1NC(=O)c1cccs1. The molecule has 0 fully saturated rings. The fourth-order valence-electron chi connectivity index (χ4n) is 2.51. The Morgan fingerprint density at radius 3 is 2.61 bits per heavy atom. The van der Waals surface area contributed by atoms with Crippen LogP contribution in [0.25, 0.3) is 0 Å². The number of hydrogen-bond acceptors (Lipinski definition) is 5. The van der Waals surface area contributed by atoms with Gasteiger partial charge in [-0.2, -0.15) is 0 Å². The maximum Gasteiger partial charge on any atom is 0.265 e. The molecule has 0 aliphatic heterocycles. The Hall–Kier alpha value is -3.32. The molecule has 2 N–H and O–H groups in total. The summed E-state index contributed by atoms with van der Waals surface area (Å²) in [5, 5.41) is 7.40. The third-order valence-electron chi connectivity index (χ3n) is 3.84. The van der Waals surface area contributed by atoms with Crippen molar-refractivity contribution < 1.29 is 19.1 Å². The molecular formula is C21H20N2O4S. The van der Waals surface area contributed by atoms with E-state index >= 15 is 0 Å². The van der Waals surface area contributed by atoms with Gasteiger partial charge in [-0.3, -0.25) is 9.59 Å². The molecule has 0 saturated heterocycles. The summed E-state index contributed by atoms with van der Waals surface area (Å²) in [5.41, 5.74) is 2.13. The molecule has 0 saturated carbocycles. The first-order valence-electron chi connectivity index (χ1n) is 8.57. The van der Waals surface area contributed by atoms with Crippen LogP contribution in [0.2, 0.25) is 0 Å². The van der Waals surface area contributed by atoms with E-state index in [1.807, 2.05) is 36.6 Å². The summed E-state index contributed by atoms with van der Waals surface area (Å²) in [6, 6.07) is 16.1. The van der Waals surface area contributed by atoms with Crippen molar-refractivity contribution in [2.45, 2.75) is 6.92 Å². The third kappa shape index (κ3) is 5.11. The minimum absolute atomic E-state index is 0.108. The lowest BCUT2D eigenvalue weighted by molar-refractivity contribution is -0.118. The van der Waals surface area contributed by atoms with Crippen LogP contribution in [-0.4, -0.2) is 25.5 Å². The van der Waals surface area contributed by atoms with Gasteiger partial charge in [0.2, 0.25) is 0 Å². The molecule has 0 radical (unpaired) electrons. The number of hydrogen-bond donors (Lipinski definition) is 2. The Labute approximate surface area is 167 Å². The molecule has 0 aliphatic carbocycles. The van der Waals surface area contributed by atoms with Crippen LogP contribution >= 0.6 is 11.3 Å². The van der Waals surface area contributed by atoms with Crippen LogP contribution in [0, 0.1) is 6.92 Å². The molecule has 1 aromatic heterocycles. The quantitative estimate of drug-likeness (QED) is 0.623. The van der Waals surface area contributed by atoms with Crippen molar-refractivity contribution in [1.82, 2.24) is 0 Å². The Morgan fingerprint density at radius 1 is 1.04 bits per heavy atom. The second kappa shape index (κ2) is 9.05. The summed E-state index contributed by atoms with van der Waals surface area (Å²) in [5.74, 6) is 0.581. The van der Waals surface area contributed by atoms with Crippen molar-refractivity contribution in [2.75, 3.05) is 24.4 Å². The maximum absolute atomic E-state index is 12.2. The lowest BCUT2D eigenvalue weighted by Gasteiger charge is -2.13. The molecule has 6 nitrogen and oxygen atoms in total. The summed E-state index contributed by atoms with van der Waals surface area (Å²) in [6.07, 6.45) is 0. The van der Waals surface area contributed by atoms with E-state index in [4.69, 9.17) is 9.47 Å². The van der Waals surface area contributed by atoms with Gasteiger partial charge in [0.15, 0.2) is 6.61 Å². The van der Waals surface area contributed by atoms with Gasteiger partial charge in [0.05, 0.1) is 17.7 Å². The number of aryl methyl sites for hydroxylation is 1. The molecule has 0 aliphatic rings. The van der Waals surface area contributed by atoms with Gasteiger partial charge in [-0.05, 0) is 48.2 Å². The number of rotatable bonds is 7. The lowest BCUT2D eigenvalue weighted by atomic mass is 10.2. The number of anilines is 2. The molecule has 0 unspecified atom stereocenters. The van der Waals surface area contributed by atoms with Gasteiger partial charge >= 0.3 is 0 Å². The molecule has 2 amide bonds. The number of thiophene rings is 1. The molecule has 1 heterocycles. The molecule has 0 spiro atoms. The smallest absolute Gasteiger partial charge is 0.265 e. The van der Waals surface area contributed by atoms with E-state index in [2.05, 4.69) is 10.6 Å². The summed E-state index contributed by atoms with van der Waals surface area (Å²) in [6.45, 7) is 1.85. The summed E-state index contributed by atoms with van der Waals surface area (Å²) in [7, 11) is 1.50. The number of methoxy groups -OCH3 is 1. The van der Waals surface area contributed by atoms with Gasteiger partial charge in [0, 0.05) is 11.8 Å². The number of amides is 2. The first-order chi connectivity index (χ1) is 13.5. The van der Waals surface area contributed by atoms with Crippen molar-refractivity contribution >= 4 is 34.5 Å². The van der Waals surface area contributed by atoms with Gasteiger partial charge < -0.3 is 20.1 Å². The van der Waals surface area contributed by atoms with E-state index in [1.165, 1.54) is 18.4 Å². The van der Waals surface area contributed by atoms with Gasteiger partial charge in [-0.25, -0.2) is 0 Å². The van der Waals surface area contributed by atoms with E-state index < -0.39 is 0 Å². The molecule has 0 atom stereocenters. The van der Waals surface area contributed by atoms with Crippen molar-refractivity contribution in [1.29, 1.82) is 0 Å². The number of ether oxygens (including phenoxy) is 2. The number of benzene rings is 2. The molecule has 28 heavy (non-hydrogen) atoms. The highest BCUT2D eigenvalue weighted by atomic mass is 32.1. The van der Waals surface area contributed by atoms with E-state index in [9.17, 15) is 9.59 Å². The second-order valence-electron chi connectivity index (χ2n) is 6.00. The minimum atomic E-state index is -0.293. The van der Waals surface area contributed by atoms with Gasteiger partial charge in [-0.15, -0.1) is 11.3 Å². The monoisotopic (exact) mass is 396 g/mol. The first kappa shape index (κ1) is 19.4. The van der Waals surface area contributed by atoms with E-state index in [0.717, 1.165) is 5.56 Å². The van der Waals surface area contributed by atoms with Crippen LogP contribution in [0.4, 0.5) is 11.4 Å². The average molecular weight is 396 g/mol. The summed E-state index contributed by atoms with van der Waals surface area (Å²) >= 11 is 1.36. The molecule has 7 heteroatoms. The Balaban J connectivity index is 1.61. The van der Waals surface area contributed by atoms with Crippen molar-refractivity contribution in [3.8, 4) is 11.5 Å². The standard InChI is InChI=1S/C21H20N2O4S/c1-14-5-3-6-16(11-14)27-13-20(24)22-15-8-9-17(18(12-15)26-2)23-21(25)19-7-4-10-28-19/h3-12H,13H2,1-2H3,(H,22,24)(H,23,25). The lowest BCUT2D eigenvalue weighted by Crippen LogP contribution is -2.20. The summed E-state index contributed by atoms with van der Waals surface area (Å²) in [4.78, 5) is 25.0. The third-order valence-corrected chi connectivity index (χ3v) is 4.71. The number of carbonyl (C=O) groups is 2. The maximum atomic E-state index is 12.2. The Morgan fingerprint density at radius 2 is 1.89 bits per heavy atom. The number of carbonyl (C=O) groups excluding carboxylic acids is 2. The first-order valence-corrected chi connectivity index (χ1v) is 9.45. The Bertz CT molecular complexity index is 970. The predicted octanol–water partition coefficient (Wildman–Crippen LogP) is 4.33. The number of nitrogens with one attached hydrogen (secondary N) is 2. The predicted molar refractivity (Wildman–Crippen MR) is 111 cm³/mol. The molecular weight excluding hydrogens is 376 g/mol. The zero-order chi connectivity index (χ0) is 19.9. The largest absolute Gasteiger partial charge is 0.494 e. The Kier molecular flexibility index (Phi) is 6.29. The van der Waals surface area contributed by atoms with Gasteiger partial charge in [-0.1, -0.05) is 18.2 Å². The fourth-order valence-corrected chi connectivity index (χ4v) is 3.13. The topological polar surface area (TPSA) is 76.7 Å². The summed E-state index contributed by atoms with van der Waals surface area (Å²) < 4.78 is 10.8. The van der Waals surface area contributed by atoms with Crippen LogP contribution in [0.3, 0.4) is 0 Å².